The molecule has 150 valence electrons. The molecule has 7 nitrogen and oxygen atoms in total. The van der Waals surface area contributed by atoms with Crippen molar-refractivity contribution in [3.63, 3.8) is 0 Å². The van der Waals surface area contributed by atoms with Crippen LogP contribution in [0.3, 0.4) is 0 Å². The monoisotopic (exact) mass is 436 g/mol. The number of nitrogens with zero attached hydrogens (tertiary/aromatic N) is 3. The van der Waals surface area contributed by atoms with Crippen LogP contribution in [-0.4, -0.2) is 28.6 Å². The van der Waals surface area contributed by atoms with E-state index in [0.717, 1.165) is 16.0 Å². The summed E-state index contributed by atoms with van der Waals surface area (Å²) >= 11 is 1.40. The Morgan fingerprint density at radius 3 is 2.87 bits per heavy atom. The van der Waals surface area contributed by atoms with Gasteiger partial charge < -0.3 is 9.72 Å². The lowest BCUT2D eigenvalue weighted by Crippen LogP contribution is -2.27. The highest BCUT2D eigenvalue weighted by Gasteiger charge is 2.20. The average Bonchev–Trinajstić information content (AvgIpc) is 3.41. The molecule has 1 aliphatic carbocycles. The zero-order valence-corrected chi connectivity index (χ0v) is 17.5. The molecule has 0 bridgehead atoms. The van der Waals surface area contributed by atoms with Crippen LogP contribution in [0.2, 0.25) is 0 Å². The fourth-order valence-corrected chi connectivity index (χ4v) is 4.53. The van der Waals surface area contributed by atoms with Gasteiger partial charge in [0.05, 0.1) is 22.2 Å². The standard InChI is InChI=1S/C21H16N4O3S2/c1-13-10-14(30(27)28)6-7-15(13)18-12-25-8-2-4-16(20(25)23-18)21(26)24-17(11-22)19-5-3-9-29-19/h2-5,7-10,12,17H,6H2,1H3,(H,24,26). The van der Waals surface area contributed by atoms with E-state index in [2.05, 4.69) is 16.4 Å². The van der Waals surface area contributed by atoms with Crippen LogP contribution < -0.4 is 5.32 Å². The number of rotatable bonds is 4. The molecular weight excluding hydrogens is 420 g/mol. The molecule has 9 heteroatoms. The Balaban J connectivity index is 1.68. The fourth-order valence-electron chi connectivity index (χ4n) is 3.32. The summed E-state index contributed by atoms with van der Waals surface area (Å²) in [7, 11) is -2.25. The molecule has 0 aromatic carbocycles. The van der Waals surface area contributed by atoms with Crippen LogP contribution in [0, 0.1) is 11.3 Å². The van der Waals surface area contributed by atoms with Crippen molar-refractivity contribution in [1.82, 2.24) is 14.7 Å². The van der Waals surface area contributed by atoms with E-state index in [1.807, 2.05) is 24.4 Å². The number of nitrogens with one attached hydrogen (secondary N) is 1. The summed E-state index contributed by atoms with van der Waals surface area (Å²) in [5.41, 5.74) is 3.08. The van der Waals surface area contributed by atoms with E-state index in [1.54, 1.807) is 41.1 Å². The molecule has 3 heterocycles. The van der Waals surface area contributed by atoms with Gasteiger partial charge in [-0.15, -0.1) is 11.3 Å². The number of nitriles is 1. The third-order valence-electron chi connectivity index (χ3n) is 4.76. The minimum Gasteiger partial charge on any atom is -0.332 e. The van der Waals surface area contributed by atoms with Crippen LogP contribution in [0.5, 0.6) is 0 Å². The molecule has 0 fully saturated rings. The lowest BCUT2D eigenvalue weighted by atomic mass is 9.97. The second kappa shape index (κ2) is 8.10. The SMILES string of the molecule is CC1=CC(=S(=O)=O)CC=C1c1cn2cccc(C(=O)NC(C#N)c3cccs3)c2n1. The Morgan fingerprint density at radius 2 is 2.20 bits per heavy atom. The molecule has 1 aliphatic rings. The summed E-state index contributed by atoms with van der Waals surface area (Å²) in [6.45, 7) is 1.83. The zero-order valence-electron chi connectivity index (χ0n) is 15.9. The normalized spacial score (nSPS) is 14.6. The van der Waals surface area contributed by atoms with Gasteiger partial charge in [0, 0.05) is 29.3 Å². The van der Waals surface area contributed by atoms with Crippen LogP contribution in [0.1, 0.15) is 40.3 Å². The first-order valence-electron chi connectivity index (χ1n) is 9.04. The number of carbonyl (C=O) groups excluding carboxylic acids is 1. The van der Waals surface area contributed by atoms with E-state index < -0.39 is 16.3 Å². The highest BCUT2D eigenvalue weighted by molar-refractivity contribution is 7.73. The van der Waals surface area contributed by atoms with Crippen molar-refractivity contribution in [3.8, 4) is 6.07 Å². The lowest BCUT2D eigenvalue weighted by Gasteiger charge is -2.11. The highest BCUT2D eigenvalue weighted by Crippen LogP contribution is 2.27. The van der Waals surface area contributed by atoms with Gasteiger partial charge in [-0.1, -0.05) is 12.1 Å². The van der Waals surface area contributed by atoms with Crippen LogP contribution in [0.25, 0.3) is 11.2 Å². The van der Waals surface area contributed by atoms with Gasteiger partial charge in [0.2, 0.25) is 10.3 Å². The maximum absolute atomic E-state index is 12.9. The summed E-state index contributed by atoms with van der Waals surface area (Å²) in [5.74, 6) is -0.389. The first kappa shape index (κ1) is 19.8. The maximum Gasteiger partial charge on any atom is 0.256 e. The van der Waals surface area contributed by atoms with Gasteiger partial charge in [-0.3, -0.25) is 4.79 Å². The molecule has 4 rings (SSSR count). The van der Waals surface area contributed by atoms with Crippen molar-refractivity contribution in [2.24, 2.45) is 0 Å². The highest BCUT2D eigenvalue weighted by atomic mass is 32.2. The molecule has 0 radical (unpaired) electrons. The van der Waals surface area contributed by atoms with Crippen LogP contribution in [0.4, 0.5) is 0 Å². The van der Waals surface area contributed by atoms with Gasteiger partial charge in [-0.05, 0) is 42.2 Å². The molecule has 3 aromatic heterocycles. The smallest absolute Gasteiger partial charge is 0.256 e. The molecule has 1 atom stereocenters. The number of hydrogen-bond donors (Lipinski definition) is 1. The minimum absolute atomic E-state index is 0.300. The number of thiophene rings is 1. The number of hydrogen-bond acceptors (Lipinski definition) is 6. The van der Waals surface area contributed by atoms with E-state index in [0.29, 0.717) is 28.2 Å². The number of imidazole rings is 1. The molecule has 0 saturated carbocycles. The van der Waals surface area contributed by atoms with Gasteiger partial charge >= 0.3 is 0 Å². The van der Waals surface area contributed by atoms with Crippen LogP contribution in [-0.2, 0) is 10.3 Å². The number of fused-ring (bicyclic) bond motifs is 1. The van der Waals surface area contributed by atoms with Gasteiger partial charge in [0.25, 0.3) is 5.91 Å². The van der Waals surface area contributed by atoms with E-state index in [-0.39, 0.29) is 5.91 Å². The second-order valence-corrected chi connectivity index (χ2v) is 8.65. The number of carbonyl (C=O) groups is 1. The Bertz CT molecular complexity index is 1380. The number of amides is 1. The summed E-state index contributed by atoms with van der Waals surface area (Å²) in [5, 5.41) is 14.0. The Labute approximate surface area is 178 Å². The molecule has 3 aromatic rings. The third-order valence-corrected chi connectivity index (χ3v) is 6.41. The van der Waals surface area contributed by atoms with Crippen molar-refractivity contribution in [3.05, 3.63) is 75.9 Å². The van der Waals surface area contributed by atoms with E-state index >= 15 is 0 Å². The van der Waals surface area contributed by atoms with E-state index in [9.17, 15) is 18.5 Å². The Hall–Kier alpha value is -3.48. The minimum atomic E-state index is -2.25. The molecule has 0 spiro atoms. The van der Waals surface area contributed by atoms with E-state index in [4.69, 9.17) is 0 Å². The Kier molecular flexibility index (Phi) is 5.35. The van der Waals surface area contributed by atoms with Crippen LogP contribution >= 0.6 is 11.3 Å². The summed E-state index contributed by atoms with van der Waals surface area (Å²) < 4.78 is 24.2. The number of aromatic nitrogens is 2. The topological polar surface area (TPSA) is 104 Å². The zero-order chi connectivity index (χ0) is 21.3. The largest absolute Gasteiger partial charge is 0.332 e. The maximum atomic E-state index is 12.9. The average molecular weight is 437 g/mol. The quantitative estimate of drug-likeness (QED) is 0.633. The second-order valence-electron chi connectivity index (χ2n) is 6.68. The summed E-state index contributed by atoms with van der Waals surface area (Å²) in [6.07, 6.45) is 7.35. The molecule has 1 amide bonds. The molecule has 1 N–H and O–H groups in total. The van der Waals surface area contributed by atoms with E-state index in [1.165, 1.54) is 11.3 Å². The molecule has 0 saturated heterocycles. The molecule has 30 heavy (non-hydrogen) atoms. The molecule has 1 unspecified atom stereocenters. The van der Waals surface area contributed by atoms with Crippen LogP contribution in [0.15, 0.2) is 59.8 Å². The predicted molar refractivity (Wildman–Crippen MR) is 116 cm³/mol. The van der Waals surface area contributed by atoms with Crippen molar-refractivity contribution >= 4 is 43.6 Å². The van der Waals surface area contributed by atoms with Crippen molar-refractivity contribution in [2.45, 2.75) is 19.4 Å². The number of allylic oxidation sites excluding steroid dienone is 4. The predicted octanol–water partition coefficient (Wildman–Crippen LogP) is 3.18. The van der Waals surface area contributed by atoms with Crippen molar-refractivity contribution in [1.29, 1.82) is 5.26 Å². The number of pyridine rings is 1. The summed E-state index contributed by atoms with van der Waals surface area (Å²) in [4.78, 5) is 18.6. The van der Waals surface area contributed by atoms with Gasteiger partial charge in [0.15, 0.2) is 6.04 Å². The lowest BCUT2D eigenvalue weighted by molar-refractivity contribution is 0.0946. The van der Waals surface area contributed by atoms with Crippen molar-refractivity contribution < 1.29 is 13.2 Å². The third kappa shape index (κ3) is 3.70. The fraction of sp³-hybridized carbons (Fsp3) is 0.143. The molecule has 0 aliphatic heterocycles. The Morgan fingerprint density at radius 1 is 1.37 bits per heavy atom. The van der Waals surface area contributed by atoms with Gasteiger partial charge in [-0.2, -0.15) is 13.7 Å². The van der Waals surface area contributed by atoms with Gasteiger partial charge in [0.1, 0.15) is 5.65 Å². The summed E-state index contributed by atoms with van der Waals surface area (Å²) in [6, 6.07) is 8.41. The van der Waals surface area contributed by atoms with Crippen molar-refractivity contribution in [2.75, 3.05) is 0 Å². The van der Waals surface area contributed by atoms with Gasteiger partial charge in [-0.25, -0.2) is 4.98 Å². The first-order chi connectivity index (χ1) is 14.5. The first-order valence-corrected chi connectivity index (χ1v) is 11.0. The molecular formula is C21H16N4O3S2.